The van der Waals surface area contributed by atoms with Crippen molar-refractivity contribution in [2.24, 2.45) is 5.92 Å². The van der Waals surface area contributed by atoms with Crippen molar-refractivity contribution >= 4 is 30.6 Å². The zero-order valence-corrected chi connectivity index (χ0v) is 24.3. The van der Waals surface area contributed by atoms with Crippen molar-refractivity contribution in [3.05, 3.63) is 60.7 Å². The summed E-state index contributed by atoms with van der Waals surface area (Å²) < 4.78 is 11.2. The number of ketones is 1. The summed E-state index contributed by atoms with van der Waals surface area (Å²) in [4.78, 5) is 38.7. The maximum atomic E-state index is 13.7. The zero-order valence-electron chi connectivity index (χ0n) is 23.3. The van der Waals surface area contributed by atoms with Crippen molar-refractivity contribution < 1.29 is 23.9 Å². The first kappa shape index (κ1) is 29.1. The molecular weight excluding hydrogens is 482 g/mol. The largest absolute Gasteiger partial charge is 0.444 e. The summed E-state index contributed by atoms with van der Waals surface area (Å²) in [5, 5.41) is 4.17. The van der Waals surface area contributed by atoms with Gasteiger partial charge in [0.05, 0.1) is 12.6 Å². The van der Waals surface area contributed by atoms with Crippen LogP contribution in [0, 0.1) is 5.92 Å². The van der Waals surface area contributed by atoms with Crippen molar-refractivity contribution in [2.75, 3.05) is 6.61 Å². The molecule has 2 aromatic rings. The molecule has 1 amide bonds. The number of carbonyl (C=O) groups excluding carboxylic acids is 2. The summed E-state index contributed by atoms with van der Waals surface area (Å²) in [7, 11) is -3.20. The number of ether oxygens (including phenoxy) is 2. The Morgan fingerprint density at radius 3 is 1.89 bits per heavy atom. The van der Waals surface area contributed by atoms with Crippen LogP contribution in [-0.2, 0) is 14.3 Å². The van der Waals surface area contributed by atoms with E-state index in [9.17, 15) is 14.4 Å². The molecule has 2 N–H and O–H groups in total. The second kappa shape index (κ2) is 11.1. The van der Waals surface area contributed by atoms with Crippen molar-refractivity contribution in [1.82, 2.24) is 5.32 Å². The second-order valence-corrected chi connectivity index (χ2v) is 16.2. The van der Waals surface area contributed by atoms with E-state index in [1.165, 1.54) is 0 Å². The molecule has 0 bridgehead atoms. The second-order valence-electron chi connectivity index (χ2n) is 12.3. The Labute approximate surface area is 222 Å². The van der Waals surface area contributed by atoms with Crippen LogP contribution in [0.5, 0.6) is 0 Å². The van der Waals surface area contributed by atoms with Crippen LogP contribution in [0.15, 0.2) is 60.7 Å². The van der Waals surface area contributed by atoms with E-state index >= 15 is 0 Å². The van der Waals surface area contributed by atoms with Crippen molar-refractivity contribution in [2.45, 2.75) is 90.0 Å². The van der Waals surface area contributed by atoms with E-state index < -0.39 is 36.7 Å². The van der Waals surface area contributed by atoms with Gasteiger partial charge in [-0.25, -0.2) is 4.79 Å². The third kappa shape index (κ3) is 6.89. The van der Waals surface area contributed by atoms with Gasteiger partial charge in [0.1, 0.15) is 5.60 Å². The molecule has 1 saturated heterocycles. The molecule has 2 atom stereocenters. The third-order valence-electron chi connectivity index (χ3n) is 7.17. The van der Waals surface area contributed by atoms with Gasteiger partial charge in [-0.3, -0.25) is 4.79 Å². The van der Waals surface area contributed by atoms with Crippen LogP contribution in [0.1, 0.15) is 67.7 Å². The van der Waals surface area contributed by atoms with Crippen LogP contribution in [0.4, 0.5) is 4.79 Å². The Balaban J connectivity index is 1.83. The molecule has 2 aromatic carbocycles. The first-order valence-electron chi connectivity index (χ1n) is 13.2. The normalized spacial score (nSPS) is 18.8. The predicted molar refractivity (Wildman–Crippen MR) is 150 cm³/mol. The van der Waals surface area contributed by atoms with Gasteiger partial charge in [-0.1, -0.05) is 88.4 Å². The number of nitrogens with one attached hydrogen (secondary N) is 1. The Morgan fingerprint density at radius 2 is 1.49 bits per heavy atom. The average Bonchev–Trinajstić information content (AvgIpc) is 3.62. The molecule has 0 saturated carbocycles. The third-order valence-corrected chi connectivity index (χ3v) is 11.7. The monoisotopic (exact) mass is 525 g/mol. The quantitative estimate of drug-likeness (QED) is 0.331. The van der Waals surface area contributed by atoms with Crippen molar-refractivity contribution in [3.8, 4) is 0 Å². The molecule has 6 nitrogen and oxygen atoms in total. The van der Waals surface area contributed by atoms with Gasteiger partial charge in [-0.05, 0) is 61.4 Å². The minimum absolute atomic E-state index is 0.118. The molecule has 3 rings (SSSR count). The van der Waals surface area contributed by atoms with E-state index in [-0.39, 0.29) is 11.7 Å². The van der Waals surface area contributed by atoms with Gasteiger partial charge in [0.25, 0.3) is 8.32 Å². The lowest BCUT2D eigenvalue weighted by atomic mass is 9.87. The lowest BCUT2D eigenvalue weighted by Gasteiger charge is -2.41. The van der Waals surface area contributed by atoms with Gasteiger partial charge < -0.3 is 19.6 Å². The fourth-order valence-corrected chi connectivity index (χ4v) is 8.70. The molecule has 37 heavy (non-hydrogen) atoms. The topological polar surface area (TPSA) is 88.2 Å². The summed E-state index contributed by atoms with van der Waals surface area (Å²) in [5.41, 5.74) is -1.61. The van der Waals surface area contributed by atoms with Gasteiger partial charge >= 0.3 is 6.09 Å². The van der Waals surface area contributed by atoms with Gasteiger partial charge in [0.15, 0.2) is 11.4 Å². The zero-order chi connectivity index (χ0) is 27.5. The molecule has 0 radical (unpaired) electrons. The molecule has 1 fully saturated rings. The molecule has 1 aliphatic heterocycles. The average molecular weight is 526 g/mol. The fraction of sp³-hybridized carbons (Fsp3) is 0.533. The molecule has 0 aliphatic carbocycles. The molecule has 0 spiro atoms. The van der Waals surface area contributed by atoms with E-state index in [1.807, 2.05) is 74.5 Å². The SMILES string of the molecule is CC(C)C[C@H](NC(=O)OC(C)(C)C)C(=O)[C@]1(CCC(C)(C)[Si](O)(c2ccccc2)c2ccccc2)CO1. The first-order chi connectivity index (χ1) is 17.2. The summed E-state index contributed by atoms with van der Waals surface area (Å²) in [6, 6.07) is 19.0. The van der Waals surface area contributed by atoms with Crippen LogP contribution >= 0.6 is 0 Å². The van der Waals surface area contributed by atoms with Crippen LogP contribution in [0.3, 0.4) is 0 Å². The molecule has 0 aromatic heterocycles. The molecule has 1 aliphatic rings. The number of Topliss-reactive ketones (excluding diaryl/α,β-unsaturated/α-hetero) is 1. The lowest BCUT2D eigenvalue weighted by molar-refractivity contribution is -0.127. The molecular formula is C30H43NO5Si. The maximum Gasteiger partial charge on any atom is 0.408 e. The summed E-state index contributed by atoms with van der Waals surface area (Å²) in [5.74, 6) is 0.0808. The van der Waals surface area contributed by atoms with E-state index in [4.69, 9.17) is 9.47 Å². The molecule has 0 unspecified atom stereocenters. The predicted octanol–water partition coefficient (Wildman–Crippen LogP) is 4.58. The molecule has 1 heterocycles. The Bertz CT molecular complexity index is 1020. The van der Waals surface area contributed by atoms with Crippen LogP contribution < -0.4 is 15.7 Å². The Hall–Kier alpha value is -2.48. The summed E-state index contributed by atoms with van der Waals surface area (Å²) in [6.45, 7) is 13.9. The minimum atomic E-state index is -3.20. The minimum Gasteiger partial charge on any atom is -0.444 e. The Kier molecular flexibility index (Phi) is 8.72. The van der Waals surface area contributed by atoms with Crippen LogP contribution in [0.2, 0.25) is 5.04 Å². The standard InChI is InChI=1S/C30H43NO5Si/c1-22(2)20-25(31-27(33)36-28(3,4)5)26(32)30(21-35-30)19-18-29(6,7)37(34,23-14-10-8-11-15-23)24-16-12-9-13-17-24/h8-17,22,25,34H,18-21H2,1-7H3,(H,31,33)/t25-,30-/m0/s1. The lowest BCUT2D eigenvalue weighted by Crippen LogP contribution is -2.65. The maximum absolute atomic E-state index is 13.7. The van der Waals surface area contributed by atoms with Crippen LogP contribution in [0.25, 0.3) is 0 Å². The fourth-order valence-electron chi connectivity index (χ4n) is 4.97. The number of hydrogen-bond acceptors (Lipinski definition) is 5. The number of rotatable bonds is 11. The van der Waals surface area contributed by atoms with Gasteiger partial charge in [0, 0.05) is 0 Å². The number of epoxide rings is 1. The van der Waals surface area contributed by atoms with Crippen molar-refractivity contribution in [3.63, 3.8) is 0 Å². The number of hydrogen-bond donors (Lipinski definition) is 2. The van der Waals surface area contributed by atoms with E-state index in [0.717, 1.165) is 10.4 Å². The van der Waals surface area contributed by atoms with Gasteiger partial charge in [0.2, 0.25) is 0 Å². The Morgan fingerprint density at radius 1 is 1.00 bits per heavy atom. The molecule has 7 heteroatoms. The van der Waals surface area contributed by atoms with E-state index in [1.54, 1.807) is 20.8 Å². The van der Waals surface area contributed by atoms with E-state index in [0.29, 0.717) is 25.9 Å². The highest BCUT2D eigenvalue weighted by Gasteiger charge is 2.57. The summed E-state index contributed by atoms with van der Waals surface area (Å²) >= 11 is 0. The first-order valence-corrected chi connectivity index (χ1v) is 15.2. The highest BCUT2D eigenvalue weighted by atomic mass is 28.4. The van der Waals surface area contributed by atoms with Gasteiger partial charge in [-0.2, -0.15) is 0 Å². The van der Waals surface area contributed by atoms with Crippen LogP contribution in [-0.4, -0.2) is 48.8 Å². The van der Waals surface area contributed by atoms with E-state index in [2.05, 4.69) is 19.2 Å². The summed E-state index contributed by atoms with van der Waals surface area (Å²) in [6.07, 6.45) is 0.960. The molecule has 202 valence electrons. The van der Waals surface area contributed by atoms with Gasteiger partial charge in [-0.15, -0.1) is 0 Å². The number of carbonyl (C=O) groups is 2. The number of alkyl carbamates (subject to hydrolysis) is 1. The number of benzene rings is 2. The smallest absolute Gasteiger partial charge is 0.408 e. The van der Waals surface area contributed by atoms with Crippen molar-refractivity contribution in [1.29, 1.82) is 0 Å². The highest BCUT2D eigenvalue weighted by molar-refractivity contribution is 6.98. The number of amides is 1. The highest BCUT2D eigenvalue weighted by Crippen LogP contribution is 2.45.